The molecule has 1 aromatic rings. The summed E-state index contributed by atoms with van der Waals surface area (Å²) in [6, 6.07) is 8.57. The zero-order chi connectivity index (χ0) is 16.1. The number of benzene rings is 1. The Morgan fingerprint density at radius 2 is 1.91 bits per heavy atom. The minimum atomic E-state index is -0.738. The van der Waals surface area contributed by atoms with Gasteiger partial charge in [0.15, 0.2) is 0 Å². The molecule has 1 atom stereocenters. The van der Waals surface area contributed by atoms with Gasteiger partial charge in [0, 0.05) is 37.6 Å². The Hall–Kier alpha value is -1.71. The largest absolute Gasteiger partial charge is 0.481 e. The fourth-order valence-corrected chi connectivity index (χ4v) is 2.97. The highest BCUT2D eigenvalue weighted by atomic mass is 16.4. The molecule has 0 amide bonds. The summed E-state index contributed by atoms with van der Waals surface area (Å²) < 4.78 is 0. The van der Waals surface area contributed by atoms with Crippen LogP contribution >= 0.6 is 0 Å². The molecular formula is C18H28N2O2. The monoisotopic (exact) mass is 304 g/mol. The Kier molecular flexibility index (Phi) is 5.69. The van der Waals surface area contributed by atoms with Crippen LogP contribution in [0.2, 0.25) is 0 Å². The van der Waals surface area contributed by atoms with Crippen molar-refractivity contribution in [2.45, 2.75) is 33.6 Å². The lowest BCUT2D eigenvalue weighted by Gasteiger charge is -2.32. The lowest BCUT2D eigenvalue weighted by molar-refractivity contribution is -0.140. The number of hydrogen-bond acceptors (Lipinski definition) is 3. The quantitative estimate of drug-likeness (QED) is 0.874. The summed E-state index contributed by atoms with van der Waals surface area (Å²) in [6.07, 6.45) is 2.53. The number of piperidine rings is 1. The van der Waals surface area contributed by atoms with Gasteiger partial charge in [-0.2, -0.15) is 0 Å². The summed E-state index contributed by atoms with van der Waals surface area (Å²) in [5, 5.41) is 9.08. The molecule has 1 aliphatic heterocycles. The fraction of sp³-hybridized carbons (Fsp3) is 0.611. The summed E-state index contributed by atoms with van der Waals surface area (Å²) in [5.74, 6) is -0.260. The van der Waals surface area contributed by atoms with E-state index in [0.29, 0.717) is 6.54 Å². The number of rotatable bonds is 6. The van der Waals surface area contributed by atoms with E-state index in [2.05, 4.69) is 47.9 Å². The number of anilines is 2. The maximum absolute atomic E-state index is 11.0. The van der Waals surface area contributed by atoms with E-state index in [1.54, 1.807) is 6.92 Å². The van der Waals surface area contributed by atoms with E-state index in [4.69, 9.17) is 5.11 Å². The number of carbonyl (C=O) groups is 1. The minimum absolute atomic E-state index is 0.358. The van der Waals surface area contributed by atoms with Crippen LogP contribution in [0.25, 0.3) is 0 Å². The average Bonchev–Trinajstić information content (AvgIpc) is 2.53. The number of nitrogens with zero attached hydrogens (tertiary/aromatic N) is 2. The van der Waals surface area contributed by atoms with Crippen LogP contribution in [-0.4, -0.2) is 37.3 Å². The average molecular weight is 304 g/mol. The predicted molar refractivity (Wildman–Crippen MR) is 91.7 cm³/mol. The van der Waals surface area contributed by atoms with Gasteiger partial charge in [-0.25, -0.2) is 0 Å². The standard InChI is InChI=1S/C18H28N2O2/c1-4-19(13-15(3)18(21)22)16-5-7-17(8-6-16)20-11-9-14(2)10-12-20/h5-8,14-15H,4,9-13H2,1-3H3,(H,21,22). The molecule has 1 fully saturated rings. The van der Waals surface area contributed by atoms with Gasteiger partial charge in [0.1, 0.15) is 0 Å². The number of aliphatic carboxylic acids is 1. The topological polar surface area (TPSA) is 43.8 Å². The Morgan fingerprint density at radius 1 is 1.32 bits per heavy atom. The van der Waals surface area contributed by atoms with Gasteiger partial charge in [-0.15, -0.1) is 0 Å². The fourth-order valence-electron chi connectivity index (χ4n) is 2.97. The summed E-state index contributed by atoms with van der Waals surface area (Å²) in [7, 11) is 0. The lowest BCUT2D eigenvalue weighted by Crippen LogP contribution is -2.33. The first-order chi connectivity index (χ1) is 10.5. The van der Waals surface area contributed by atoms with E-state index in [9.17, 15) is 4.79 Å². The van der Waals surface area contributed by atoms with Crippen molar-refractivity contribution in [3.05, 3.63) is 24.3 Å². The van der Waals surface area contributed by atoms with Crippen molar-refractivity contribution in [1.29, 1.82) is 0 Å². The van der Waals surface area contributed by atoms with Gasteiger partial charge >= 0.3 is 5.97 Å². The van der Waals surface area contributed by atoms with Crippen LogP contribution < -0.4 is 9.80 Å². The molecule has 0 bridgehead atoms. The molecule has 0 aliphatic carbocycles. The van der Waals surface area contributed by atoms with E-state index in [1.165, 1.54) is 18.5 Å². The molecule has 0 spiro atoms. The second-order valence-electron chi connectivity index (χ2n) is 6.46. The van der Waals surface area contributed by atoms with Crippen molar-refractivity contribution in [3.63, 3.8) is 0 Å². The number of hydrogen-bond donors (Lipinski definition) is 1. The summed E-state index contributed by atoms with van der Waals surface area (Å²) in [4.78, 5) is 15.6. The van der Waals surface area contributed by atoms with Gasteiger partial charge in [0.25, 0.3) is 0 Å². The van der Waals surface area contributed by atoms with E-state index >= 15 is 0 Å². The predicted octanol–water partition coefficient (Wildman–Crippen LogP) is 3.47. The molecule has 1 unspecified atom stereocenters. The van der Waals surface area contributed by atoms with Crippen molar-refractivity contribution in [3.8, 4) is 0 Å². The van der Waals surface area contributed by atoms with Gasteiger partial charge in [-0.3, -0.25) is 4.79 Å². The van der Waals surface area contributed by atoms with Gasteiger partial charge in [0.05, 0.1) is 5.92 Å². The van der Waals surface area contributed by atoms with E-state index in [1.807, 2.05) is 0 Å². The first-order valence-electron chi connectivity index (χ1n) is 8.34. The summed E-state index contributed by atoms with van der Waals surface area (Å²) in [6.45, 7) is 9.78. The van der Waals surface area contributed by atoms with Crippen molar-refractivity contribution in [2.24, 2.45) is 11.8 Å². The highest BCUT2D eigenvalue weighted by Crippen LogP contribution is 2.25. The molecule has 0 aromatic heterocycles. The van der Waals surface area contributed by atoms with Crippen molar-refractivity contribution >= 4 is 17.3 Å². The van der Waals surface area contributed by atoms with Crippen LogP contribution in [0.1, 0.15) is 33.6 Å². The maximum atomic E-state index is 11.0. The molecule has 2 rings (SSSR count). The third-order valence-corrected chi connectivity index (χ3v) is 4.66. The van der Waals surface area contributed by atoms with Crippen LogP contribution in [0.5, 0.6) is 0 Å². The first kappa shape index (κ1) is 16.7. The summed E-state index contributed by atoms with van der Waals surface area (Å²) >= 11 is 0. The molecular weight excluding hydrogens is 276 g/mol. The Balaban J connectivity index is 2.02. The van der Waals surface area contributed by atoms with Gasteiger partial charge < -0.3 is 14.9 Å². The van der Waals surface area contributed by atoms with Crippen LogP contribution in [0.15, 0.2) is 24.3 Å². The van der Waals surface area contributed by atoms with E-state index < -0.39 is 5.97 Å². The van der Waals surface area contributed by atoms with Crippen LogP contribution in [0.3, 0.4) is 0 Å². The van der Waals surface area contributed by atoms with Crippen molar-refractivity contribution < 1.29 is 9.90 Å². The minimum Gasteiger partial charge on any atom is -0.481 e. The zero-order valence-corrected chi connectivity index (χ0v) is 14.0. The smallest absolute Gasteiger partial charge is 0.308 e. The lowest BCUT2D eigenvalue weighted by atomic mass is 9.99. The second-order valence-corrected chi connectivity index (χ2v) is 6.46. The molecule has 0 saturated carbocycles. The molecule has 1 N–H and O–H groups in total. The molecule has 1 saturated heterocycles. The van der Waals surface area contributed by atoms with Gasteiger partial charge in [0.2, 0.25) is 0 Å². The third kappa shape index (κ3) is 4.15. The van der Waals surface area contributed by atoms with Crippen LogP contribution in [0, 0.1) is 11.8 Å². The third-order valence-electron chi connectivity index (χ3n) is 4.66. The maximum Gasteiger partial charge on any atom is 0.308 e. The molecule has 4 nitrogen and oxygen atoms in total. The van der Waals surface area contributed by atoms with Gasteiger partial charge in [-0.1, -0.05) is 13.8 Å². The van der Waals surface area contributed by atoms with Crippen molar-refractivity contribution in [1.82, 2.24) is 0 Å². The second kappa shape index (κ2) is 7.52. The number of carboxylic acids is 1. The molecule has 1 heterocycles. The SMILES string of the molecule is CCN(CC(C)C(=O)O)c1ccc(N2CCC(C)CC2)cc1. The van der Waals surface area contributed by atoms with Crippen LogP contribution in [0.4, 0.5) is 11.4 Å². The Labute approximate surface area is 133 Å². The highest BCUT2D eigenvalue weighted by Gasteiger charge is 2.18. The highest BCUT2D eigenvalue weighted by molar-refractivity contribution is 5.70. The zero-order valence-electron chi connectivity index (χ0n) is 14.0. The first-order valence-corrected chi connectivity index (χ1v) is 8.34. The summed E-state index contributed by atoms with van der Waals surface area (Å²) in [5.41, 5.74) is 2.38. The molecule has 1 aliphatic rings. The molecule has 4 heteroatoms. The van der Waals surface area contributed by atoms with E-state index in [0.717, 1.165) is 31.2 Å². The Bertz CT molecular complexity index is 478. The van der Waals surface area contributed by atoms with Crippen molar-refractivity contribution in [2.75, 3.05) is 36.0 Å². The normalized spacial score (nSPS) is 17.3. The molecule has 0 radical (unpaired) electrons. The molecule has 1 aromatic carbocycles. The van der Waals surface area contributed by atoms with Crippen LogP contribution in [-0.2, 0) is 4.79 Å². The molecule has 22 heavy (non-hydrogen) atoms. The Morgan fingerprint density at radius 3 is 2.41 bits per heavy atom. The van der Waals surface area contributed by atoms with Gasteiger partial charge in [-0.05, 0) is 49.9 Å². The molecule has 122 valence electrons. The van der Waals surface area contributed by atoms with E-state index in [-0.39, 0.29) is 5.92 Å². The number of carboxylic acid groups (broad SMARTS) is 1.